The Labute approximate surface area is 162 Å². The lowest BCUT2D eigenvalue weighted by molar-refractivity contribution is -0.384. The molecule has 0 aliphatic carbocycles. The van der Waals surface area contributed by atoms with Crippen molar-refractivity contribution < 1.29 is 22.5 Å². The molecular formula is C18H20FN3O5S. The molecule has 0 unspecified atom stereocenters. The summed E-state index contributed by atoms with van der Waals surface area (Å²) in [4.78, 5) is 22.8. The number of hydrogen-bond acceptors (Lipinski definition) is 5. The average Bonchev–Trinajstić information content (AvgIpc) is 2.59. The number of sulfonamides is 1. The van der Waals surface area contributed by atoms with Gasteiger partial charge in [-0.1, -0.05) is 18.2 Å². The zero-order valence-corrected chi connectivity index (χ0v) is 16.4. The molecule has 8 nitrogen and oxygen atoms in total. The summed E-state index contributed by atoms with van der Waals surface area (Å²) in [5.41, 5.74) is 0.887. The SMILES string of the molecule is Cc1ccc([N+](=O)[O-])cc1N(CC(=O)N[C@@H](C)c1ccc(F)cc1)S(C)(=O)=O. The third-order valence-corrected chi connectivity index (χ3v) is 5.23. The highest BCUT2D eigenvalue weighted by Crippen LogP contribution is 2.27. The molecule has 0 aromatic heterocycles. The second-order valence-electron chi connectivity index (χ2n) is 6.34. The standard InChI is InChI=1S/C18H20FN3O5S/c1-12-4-9-16(22(24)25)10-17(12)21(28(3,26)27)11-18(23)20-13(2)14-5-7-15(19)8-6-14/h4-10,13H,11H2,1-3H3,(H,20,23)/t13-/m0/s1. The monoisotopic (exact) mass is 409 g/mol. The third kappa shape index (κ3) is 5.26. The van der Waals surface area contributed by atoms with Crippen molar-refractivity contribution in [3.05, 3.63) is 69.5 Å². The Bertz CT molecular complexity index is 993. The molecule has 10 heteroatoms. The first kappa shape index (κ1) is 21.3. The molecule has 28 heavy (non-hydrogen) atoms. The summed E-state index contributed by atoms with van der Waals surface area (Å²) in [6, 6.07) is 8.85. The van der Waals surface area contributed by atoms with Crippen LogP contribution in [0.3, 0.4) is 0 Å². The Morgan fingerprint density at radius 1 is 1.25 bits per heavy atom. The van der Waals surface area contributed by atoms with Gasteiger partial charge in [-0.2, -0.15) is 0 Å². The lowest BCUT2D eigenvalue weighted by Gasteiger charge is -2.24. The maximum atomic E-state index is 13.0. The van der Waals surface area contributed by atoms with Crippen LogP contribution in [0.25, 0.3) is 0 Å². The van der Waals surface area contributed by atoms with Gasteiger partial charge in [0.2, 0.25) is 15.9 Å². The molecule has 1 amide bonds. The van der Waals surface area contributed by atoms with E-state index in [0.717, 1.165) is 16.6 Å². The number of non-ortho nitro benzene ring substituents is 1. The number of nitrogens with one attached hydrogen (secondary N) is 1. The van der Waals surface area contributed by atoms with Crippen molar-refractivity contribution in [2.75, 3.05) is 17.1 Å². The highest BCUT2D eigenvalue weighted by atomic mass is 32.2. The fourth-order valence-corrected chi connectivity index (χ4v) is 3.52. The number of hydrogen-bond donors (Lipinski definition) is 1. The molecule has 1 atom stereocenters. The van der Waals surface area contributed by atoms with Gasteiger partial charge in [-0.3, -0.25) is 19.2 Å². The van der Waals surface area contributed by atoms with Gasteiger partial charge in [-0.15, -0.1) is 0 Å². The predicted molar refractivity (Wildman–Crippen MR) is 103 cm³/mol. The van der Waals surface area contributed by atoms with Gasteiger partial charge >= 0.3 is 0 Å². The molecule has 0 radical (unpaired) electrons. The van der Waals surface area contributed by atoms with Crippen LogP contribution in [0, 0.1) is 22.9 Å². The number of carbonyl (C=O) groups excluding carboxylic acids is 1. The lowest BCUT2D eigenvalue weighted by Crippen LogP contribution is -2.41. The molecule has 2 aromatic carbocycles. The van der Waals surface area contributed by atoms with Crippen LogP contribution in [0.1, 0.15) is 24.1 Å². The van der Waals surface area contributed by atoms with Crippen molar-refractivity contribution in [3.63, 3.8) is 0 Å². The first-order valence-corrected chi connectivity index (χ1v) is 10.1. The zero-order valence-electron chi connectivity index (χ0n) is 15.5. The molecule has 0 aliphatic heterocycles. The van der Waals surface area contributed by atoms with Crippen LogP contribution in [0.15, 0.2) is 42.5 Å². The van der Waals surface area contributed by atoms with Crippen LogP contribution < -0.4 is 9.62 Å². The summed E-state index contributed by atoms with van der Waals surface area (Å²) >= 11 is 0. The van der Waals surface area contributed by atoms with E-state index in [-0.39, 0.29) is 11.4 Å². The smallest absolute Gasteiger partial charge is 0.271 e. The molecule has 0 fully saturated rings. The van der Waals surface area contributed by atoms with Crippen molar-refractivity contribution in [1.29, 1.82) is 0 Å². The fourth-order valence-electron chi connectivity index (χ4n) is 2.61. The van der Waals surface area contributed by atoms with E-state index in [1.807, 2.05) is 0 Å². The van der Waals surface area contributed by atoms with Crippen molar-refractivity contribution in [2.45, 2.75) is 19.9 Å². The van der Waals surface area contributed by atoms with Crippen LogP contribution in [0.5, 0.6) is 0 Å². The van der Waals surface area contributed by atoms with Gasteiger partial charge in [0.05, 0.1) is 22.9 Å². The predicted octanol–water partition coefficient (Wildman–Crippen LogP) is 2.69. The highest BCUT2D eigenvalue weighted by Gasteiger charge is 2.25. The Hall–Kier alpha value is -3.01. The minimum Gasteiger partial charge on any atom is -0.348 e. The number of nitrogens with zero attached hydrogens (tertiary/aromatic N) is 2. The Kier molecular flexibility index (Phi) is 6.34. The van der Waals surface area contributed by atoms with E-state index in [0.29, 0.717) is 11.1 Å². The second kappa shape index (κ2) is 8.34. The number of nitro benzene ring substituents is 1. The molecule has 0 saturated carbocycles. The van der Waals surface area contributed by atoms with Crippen LogP contribution in [-0.4, -0.2) is 32.0 Å². The summed E-state index contributed by atoms with van der Waals surface area (Å²) in [5.74, 6) is -1.01. The molecule has 0 aliphatic rings. The Balaban J connectivity index is 2.26. The van der Waals surface area contributed by atoms with Gasteiger partial charge in [0, 0.05) is 12.1 Å². The quantitative estimate of drug-likeness (QED) is 0.558. The lowest BCUT2D eigenvalue weighted by atomic mass is 10.1. The molecule has 0 spiro atoms. The number of amides is 1. The van der Waals surface area contributed by atoms with E-state index in [9.17, 15) is 27.7 Å². The number of rotatable bonds is 7. The molecule has 0 bridgehead atoms. The van der Waals surface area contributed by atoms with E-state index in [4.69, 9.17) is 0 Å². The molecule has 2 rings (SSSR count). The van der Waals surface area contributed by atoms with E-state index in [1.54, 1.807) is 13.8 Å². The maximum Gasteiger partial charge on any atom is 0.271 e. The van der Waals surface area contributed by atoms with E-state index in [1.165, 1.54) is 36.4 Å². The molecule has 0 saturated heterocycles. The number of carbonyl (C=O) groups is 1. The first-order valence-electron chi connectivity index (χ1n) is 8.26. The normalized spacial score (nSPS) is 12.3. The largest absolute Gasteiger partial charge is 0.348 e. The number of aryl methyl sites for hydroxylation is 1. The van der Waals surface area contributed by atoms with Gasteiger partial charge in [0.1, 0.15) is 12.4 Å². The van der Waals surface area contributed by atoms with Crippen molar-refractivity contribution in [2.24, 2.45) is 0 Å². The number of benzene rings is 2. The highest BCUT2D eigenvalue weighted by molar-refractivity contribution is 7.92. The van der Waals surface area contributed by atoms with Gasteiger partial charge in [0.15, 0.2) is 0 Å². The van der Waals surface area contributed by atoms with Crippen LogP contribution in [0.2, 0.25) is 0 Å². The van der Waals surface area contributed by atoms with E-state index >= 15 is 0 Å². The second-order valence-corrected chi connectivity index (χ2v) is 8.25. The Morgan fingerprint density at radius 3 is 2.39 bits per heavy atom. The van der Waals surface area contributed by atoms with Gasteiger partial charge in [-0.25, -0.2) is 12.8 Å². The van der Waals surface area contributed by atoms with Crippen molar-refractivity contribution in [3.8, 4) is 0 Å². The van der Waals surface area contributed by atoms with Crippen molar-refractivity contribution >= 4 is 27.3 Å². The summed E-state index contributed by atoms with van der Waals surface area (Å²) in [6.45, 7) is 2.72. The number of halogens is 1. The molecular weight excluding hydrogens is 389 g/mol. The zero-order chi connectivity index (χ0) is 21.1. The summed E-state index contributed by atoms with van der Waals surface area (Å²) in [6.07, 6.45) is 0.919. The summed E-state index contributed by atoms with van der Waals surface area (Å²) < 4.78 is 38.3. The average molecular weight is 409 g/mol. The number of nitro groups is 1. The number of anilines is 1. The molecule has 0 heterocycles. The minimum atomic E-state index is -3.88. The van der Waals surface area contributed by atoms with Crippen LogP contribution in [-0.2, 0) is 14.8 Å². The van der Waals surface area contributed by atoms with E-state index in [2.05, 4.69) is 5.32 Å². The summed E-state index contributed by atoms with van der Waals surface area (Å²) in [5, 5.41) is 13.7. The van der Waals surface area contributed by atoms with Crippen LogP contribution >= 0.6 is 0 Å². The van der Waals surface area contributed by atoms with E-state index < -0.39 is 39.3 Å². The fraction of sp³-hybridized carbons (Fsp3) is 0.278. The minimum absolute atomic E-state index is 0.0567. The van der Waals surface area contributed by atoms with Gasteiger partial charge in [-0.05, 0) is 37.1 Å². The van der Waals surface area contributed by atoms with Crippen LogP contribution in [0.4, 0.5) is 15.8 Å². The third-order valence-electron chi connectivity index (χ3n) is 4.11. The summed E-state index contributed by atoms with van der Waals surface area (Å²) in [7, 11) is -3.88. The van der Waals surface area contributed by atoms with Gasteiger partial charge in [0.25, 0.3) is 5.69 Å². The van der Waals surface area contributed by atoms with Crippen molar-refractivity contribution in [1.82, 2.24) is 5.32 Å². The molecule has 2 aromatic rings. The topological polar surface area (TPSA) is 110 Å². The van der Waals surface area contributed by atoms with Gasteiger partial charge < -0.3 is 5.32 Å². The first-order chi connectivity index (χ1) is 13.0. The molecule has 1 N–H and O–H groups in total. The maximum absolute atomic E-state index is 13.0. The molecule has 150 valence electrons. The Morgan fingerprint density at radius 2 is 1.86 bits per heavy atom.